The zero-order valence-corrected chi connectivity index (χ0v) is 12.6. The van der Waals surface area contributed by atoms with Crippen molar-refractivity contribution in [2.24, 2.45) is 5.92 Å². The number of nitrogens with zero attached hydrogens (tertiary/aromatic N) is 3. The molecule has 1 aliphatic rings. The van der Waals surface area contributed by atoms with Crippen LogP contribution in [0.3, 0.4) is 0 Å². The molecule has 1 unspecified atom stereocenters. The molecule has 4 nitrogen and oxygen atoms in total. The minimum Gasteiger partial charge on any atom is -0.379 e. The molecule has 1 N–H and O–H groups in total. The summed E-state index contributed by atoms with van der Waals surface area (Å²) >= 11 is 0. The molecular weight excluding hydrogens is 236 g/mol. The highest BCUT2D eigenvalue weighted by Gasteiger charge is 2.22. The highest BCUT2D eigenvalue weighted by atomic mass is 15.2. The standard InChI is InChI=1S/C15H26N4/c1-12(13-7-10-19(4)11-8-13)17-14-6-5-9-16-15(14)18(2)3/h5-6,9,12-13,17H,7-8,10-11H2,1-4H3. The number of hydrogen-bond acceptors (Lipinski definition) is 4. The first-order valence-corrected chi connectivity index (χ1v) is 7.15. The molecule has 0 bridgehead atoms. The fourth-order valence-corrected chi connectivity index (χ4v) is 2.76. The maximum Gasteiger partial charge on any atom is 0.151 e. The van der Waals surface area contributed by atoms with E-state index in [4.69, 9.17) is 0 Å². The summed E-state index contributed by atoms with van der Waals surface area (Å²) in [5.74, 6) is 1.77. The highest BCUT2D eigenvalue weighted by Crippen LogP contribution is 2.26. The number of piperidine rings is 1. The Labute approximate surface area is 116 Å². The first kappa shape index (κ1) is 14.1. The predicted octanol–water partition coefficient (Wildman–Crippen LogP) is 2.29. The van der Waals surface area contributed by atoms with Gasteiger partial charge < -0.3 is 15.1 Å². The van der Waals surface area contributed by atoms with Crippen LogP contribution < -0.4 is 10.2 Å². The third-order valence-corrected chi connectivity index (χ3v) is 4.06. The summed E-state index contributed by atoms with van der Waals surface area (Å²) in [6.45, 7) is 4.72. The van der Waals surface area contributed by atoms with Crippen LogP contribution in [0.4, 0.5) is 11.5 Å². The van der Waals surface area contributed by atoms with Gasteiger partial charge in [0.15, 0.2) is 5.82 Å². The van der Waals surface area contributed by atoms with Crippen LogP contribution in [-0.2, 0) is 0 Å². The molecular formula is C15H26N4. The van der Waals surface area contributed by atoms with Crippen molar-refractivity contribution in [2.45, 2.75) is 25.8 Å². The monoisotopic (exact) mass is 262 g/mol. The number of nitrogens with one attached hydrogen (secondary N) is 1. The van der Waals surface area contributed by atoms with Crippen LogP contribution in [0.15, 0.2) is 18.3 Å². The Morgan fingerprint density at radius 2 is 2.05 bits per heavy atom. The number of rotatable bonds is 4. The van der Waals surface area contributed by atoms with E-state index in [9.17, 15) is 0 Å². The average Bonchev–Trinajstić information content (AvgIpc) is 2.39. The molecule has 19 heavy (non-hydrogen) atoms. The largest absolute Gasteiger partial charge is 0.379 e. The van der Waals surface area contributed by atoms with Gasteiger partial charge >= 0.3 is 0 Å². The Morgan fingerprint density at radius 1 is 1.37 bits per heavy atom. The van der Waals surface area contributed by atoms with E-state index in [2.05, 4.69) is 40.1 Å². The number of anilines is 2. The van der Waals surface area contributed by atoms with Crippen molar-refractivity contribution in [3.63, 3.8) is 0 Å². The molecule has 1 fully saturated rings. The quantitative estimate of drug-likeness (QED) is 0.902. The normalized spacial score (nSPS) is 19.2. The topological polar surface area (TPSA) is 31.4 Å². The van der Waals surface area contributed by atoms with Crippen molar-refractivity contribution in [3.05, 3.63) is 18.3 Å². The van der Waals surface area contributed by atoms with Crippen LogP contribution in [0.25, 0.3) is 0 Å². The molecule has 1 aromatic rings. The van der Waals surface area contributed by atoms with Crippen molar-refractivity contribution in [3.8, 4) is 0 Å². The molecule has 0 aliphatic carbocycles. The zero-order valence-electron chi connectivity index (χ0n) is 12.6. The third kappa shape index (κ3) is 3.60. The Bertz CT molecular complexity index is 397. The molecule has 0 spiro atoms. The minimum absolute atomic E-state index is 0.497. The third-order valence-electron chi connectivity index (χ3n) is 4.06. The van der Waals surface area contributed by atoms with Gasteiger partial charge in [0, 0.05) is 26.3 Å². The second kappa shape index (κ2) is 6.24. The molecule has 4 heteroatoms. The predicted molar refractivity (Wildman–Crippen MR) is 81.9 cm³/mol. The van der Waals surface area contributed by atoms with Gasteiger partial charge in [0.25, 0.3) is 0 Å². The molecule has 2 rings (SSSR count). The lowest BCUT2D eigenvalue weighted by Gasteiger charge is -2.34. The van der Waals surface area contributed by atoms with E-state index in [0.29, 0.717) is 6.04 Å². The van der Waals surface area contributed by atoms with Crippen LogP contribution in [0.5, 0.6) is 0 Å². The van der Waals surface area contributed by atoms with Crippen LogP contribution in [0.2, 0.25) is 0 Å². The minimum atomic E-state index is 0.497. The van der Waals surface area contributed by atoms with Crippen LogP contribution in [0, 0.1) is 5.92 Å². The lowest BCUT2D eigenvalue weighted by molar-refractivity contribution is 0.208. The van der Waals surface area contributed by atoms with Crippen LogP contribution in [0.1, 0.15) is 19.8 Å². The summed E-state index contributed by atoms with van der Waals surface area (Å²) in [6.07, 6.45) is 4.41. The Morgan fingerprint density at radius 3 is 2.68 bits per heavy atom. The van der Waals surface area contributed by atoms with Gasteiger partial charge in [0.2, 0.25) is 0 Å². The smallest absolute Gasteiger partial charge is 0.151 e. The molecule has 0 saturated carbocycles. The lowest BCUT2D eigenvalue weighted by atomic mass is 9.90. The van der Waals surface area contributed by atoms with Crippen LogP contribution >= 0.6 is 0 Å². The van der Waals surface area contributed by atoms with Gasteiger partial charge in [0.05, 0.1) is 5.69 Å². The molecule has 106 valence electrons. The average molecular weight is 262 g/mol. The van der Waals surface area contributed by atoms with E-state index in [-0.39, 0.29) is 0 Å². The first-order valence-electron chi connectivity index (χ1n) is 7.15. The van der Waals surface area contributed by atoms with E-state index in [1.165, 1.54) is 25.9 Å². The molecule has 0 aromatic carbocycles. The molecule has 1 aliphatic heterocycles. The summed E-state index contributed by atoms with van der Waals surface area (Å²) in [7, 11) is 6.28. The fraction of sp³-hybridized carbons (Fsp3) is 0.667. The lowest BCUT2D eigenvalue weighted by Crippen LogP contribution is -2.37. The van der Waals surface area contributed by atoms with E-state index >= 15 is 0 Å². The summed E-state index contributed by atoms with van der Waals surface area (Å²) in [6, 6.07) is 4.61. The van der Waals surface area contributed by atoms with Crippen LogP contribution in [-0.4, -0.2) is 50.2 Å². The van der Waals surface area contributed by atoms with E-state index in [1.54, 1.807) is 0 Å². The number of pyridine rings is 1. The Kier molecular flexibility index (Phi) is 4.64. The second-order valence-corrected chi connectivity index (χ2v) is 5.84. The molecule has 1 saturated heterocycles. The van der Waals surface area contributed by atoms with Gasteiger partial charge in [-0.05, 0) is 58.0 Å². The van der Waals surface area contributed by atoms with Crippen molar-refractivity contribution >= 4 is 11.5 Å². The number of likely N-dealkylation sites (tertiary alicyclic amines) is 1. The van der Waals surface area contributed by atoms with Crippen molar-refractivity contribution in [2.75, 3.05) is 44.4 Å². The highest BCUT2D eigenvalue weighted by molar-refractivity contribution is 5.65. The van der Waals surface area contributed by atoms with E-state index in [0.717, 1.165) is 17.4 Å². The first-order chi connectivity index (χ1) is 9.08. The molecule has 1 atom stereocenters. The van der Waals surface area contributed by atoms with Crippen molar-refractivity contribution in [1.29, 1.82) is 0 Å². The van der Waals surface area contributed by atoms with Gasteiger partial charge in [0.1, 0.15) is 0 Å². The molecule has 2 heterocycles. The van der Waals surface area contributed by atoms with Gasteiger partial charge in [-0.25, -0.2) is 4.98 Å². The maximum absolute atomic E-state index is 4.44. The summed E-state index contributed by atoms with van der Waals surface area (Å²) in [5.41, 5.74) is 1.14. The van der Waals surface area contributed by atoms with Gasteiger partial charge in [-0.2, -0.15) is 0 Å². The zero-order chi connectivity index (χ0) is 13.8. The summed E-state index contributed by atoms with van der Waals surface area (Å²) < 4.78 is 0. The van der Waals surface area contributed by atoms with Crippen molar-refractivity contribution < 1.29 is 0 Å². The molecule has 0 amide bonds. The second-order valence-electron chi connectivity index (χ2n) is 5.84. The number of aromatic nitrogens is 1. The SMILES string of the molecule is CC(Nc1cccnc1N(C)C)C1CCN(C)CC1. The van der Waals surface area contributed by atoms with Gasteiger partial charge in [-0.3, -0.25) is 0 Å². The van der Waals surface area contributed by atoms with E-state index in [1.807, 2.05) is 26.4 Å². The van der Waals surface area contributed by atoms with Gasteiger partial charge in [-0.1, -0.05) is 0 Å². The Balaban J connectivity index is 2.00. The molecule has 0 radical (unpaired) electrons. The van der Waals surface area contributed by atoms with E-state index < -0.39 is 0 Å². The maximum atomic E-state index is 4.44. The van der Waals surface area contributed by atoms with Gasteiger partial charge in [-0.15, -0.1) is 0 Å². The fourth-order valence-electron chi connectivity index (χ4n) is 2.76. The number of hydrogen-bond donors (Lipinski definition) is 1. The molecule has 1 aromatic heterocycles. The summed E-state index contributed by atoms with van der Waals surface area (Å²) in [4.78, 5) is 8.92. The Hall–Kier alpha value is -1.29. The van der Waals surface area contributed by atoms with Crippen molar-refractivity contribution in [1.82, 2.24) is 9.88 Å². The summed E-state index contributed by atoms with van der Waals surface area (Å²) in [5, 5.41) is 3.65.